The summed E-state index contributed by atoms with van der Waals surface area (Å²) in [7, 11) is 1.56. The molecule has 254 valence electrons. The van der Waals surface area contributed by atoms with Crippen molar-refractivity contribution in [1.29, 1.82) is 0 Å². The van der Waals surface area contributed by atoms with Gasteiger partial charge in [-0.2, -0.15) is 0 Å². The lowest BCUT2D eigenvalue weighted by atomic mass is 9.99. The van der Waals surface area contributed by atoms with Crippen LogP contribution in [0.4, 0.5) is 8.78 Å². The normalized spacial score (nSPS) is 12.3. The Hall–Kier alpha value is -4.67. The number of carbonyl (C=O) groups excluding carboxylic acids is 2. The maximum Gasteiger partial charge on any atom is 0.253 e. The Balaban J connectivity index is 1.50. The second-order valence-corrected chi connectivity index (χ2v) is 11.9. The van der Waals surface area contributed by atoms with E-state index in [4.69, 9.17) is 4.74 Å². The molecule has 0 saturated carbocycles. The third-order valence-corrected chi connectivity index (χ3v) is 7.86. The van der Waals surface area contributed by atoms with Crippen LogP contribution in [0.1, 0.15) is 64.1 Å². The van der Waals surface area contributed by atoms with Crippen molar-refractivity contribution in [3.63, 3.8) is 0 Å². The Labute approximate surface area is 281 Å². The average Bonchev–Trinajstić information content (AvgIpc) is 3.07. The van der Waals surface area contributed by atoms with E-state index in [0.29, 0.717) is 31.1 Å². The number of ether oxygens (including phenoxy) is 1. The van der Waals surface area contributed by atoms with E-state index >= 15 is 0 Å². The summed E-state index contributed by atoms with van der Waals surface area (Å²) in [5, 5.41) is 17.4. The SMILES string of the molecule is CCCN(CCC)C(=O)c1cc(C)cc(C(=O)N[C@@H](Cc2cc(F)cc(F)c2)[C@H](O)CNCc2cccc(-c3cccc(OC)n3)c2)c1. The molecule has 0 aliphatic rings. The molecule has 0 aliphatic carbocycles. The van der Waals surface area contributed by atoms with Gasteiger partial charge in [-0.15, -0.1) is 0 Å². The molecule has 3 aromatic carbocycles. The van der Waals surface area contributed by atoms with Crippen LogP contribution in [-0.2, 0) is 13.0 Å². The number of amides is 2. The molecule has 2 amide bonds. The molecular weight excluding hydrogens is 614 g/mol. The molecule has 1 heterocycles. The topological polar surface area (TPSA) is 104 Å². The quantitative estimate of drug-likeness (QED) is 0.135. The number of aliphatic hydroxyl groups excluding tert-OH is 1. The smallest absolute Gasteiger partial charge is 0.253 e. The fourth-order valence-electron chi connectivity index (χ4n) is 5.63. The van der Waals surface area contributed by atoms with Crippen molar-refractivity contribution >= 4 is 11.8 Å². The zero-order chi connectivity index (χ0) is 34.6. The summed E-state index contributed by atoms with van der Waals surface area (Å²) in [6, 6.07) is 20.5. The molecule has 10 heteroatoms. The first-order chi connectivity index (χ1) is 23.1. The number of nitrogens with zero attached hydrogens (tertiary/aromatic N) is 2. The van der Waals surface area contributed by atoms with Crippen molar-refractivity contribution in [1.82, 2.24) is 20.5 Å². The third-order valence-electron chi connectivity index (χ3n) is 7.86. The van der Waals surface area contributed by atoms with Crippen LogP contribution < -0.4 is 15.4 Å². The highest BCUT2D eigenvalue weighted by Gasteiger charge is 2.24. The van der Waals surface area contributed by atoms with E-state index in [1.165, 1.54) is 12.1 Å². The molecule has 8 nitrogen and oxygen atoms in total. The molecule has 0 bridgehead atoms. The number of methoxy groups -OCH3 is 1. The summed E-state index contributed by atoms with van der Waals surface area (Å²) in [5.74, 6) is -1.66. The maximum atomic E-state index is 14.1. The molecule has 2 atom stereocenters. The molecule has 0 radical (unpaired) electrons. The first-order valence-electron chi connectivity index (χ1n) is 16.3. The van der Waals surface area contributed by atoms with E-state index in [0.717, 1.165) is 41.3 Å². The summed E-state index contributed by atoms with van der Waals surface area (Å²) >= 11 is 0. The van der Waals surface area contributed by atoms with Crippen molar-refractivity contribution in [2.75, 3.05) is 26.7 Å². The number of hydrogen-bond acceptors (Lipinski definition) is 6. The molecule has 4 rings (SSSR count). The van der Waals surface area contributed by atoms with Crippen LogP contribution in [-0.4, -0.2) is 65.7 Å². The van der Waals surface area contributed by atoms with E-state index in [-0.39, 0.29) is 30.0 Å². The second-order valence-electron chi connectivity index (χ2n) is 11.9. The van der Waals surface area contributed by atoms with E-state index in [9.17, 15) is 23.5 Å². The molecule has 0 fully saturated rings. The van der Waals surface area contributed by atoms with Crippen molar-refractivity contribution in [3.8, 4) is 17.1 Å². The summed E-state index contributed by atoms with van der Waals surface area (Å²) in [6.45, 7) is 7.51. The maximum absolute atomic E-state index is 14.1. The molecule has 0 saturated heterocycles. The van der Waals surface area contributed by atoms with Crippen LogP contribution in [0, 0.1) is 18.6 Å². The minimum Gasteiger partial charge on any atom is -0.481 e. The van der Waals surface area contributed by atoms with Gasteiger partial charge in [0.15, 0.2) is 0 Å². The van der Waals surface area contributed by atoms with Gasteiger partial charge in [0.2, 0.25) is 5.88 Å². The van der Waals surface area contributed by atoms with E-state index < -0.39 is 29.7 Å². The highest BCUT2D eigenvalue weighted by Crippen LogP contribution is 2.21. The van der Waals surface area contributed by atoms with Gasteiger partial charge < -0.3 is 25.4 Å². The summed E-state index contributed by atoms with van der Waals surface area (Å²) in [4.78, 5) is 33.2. The van der Waals surface area contributed by atoms with Gasteiger partial charge in [0.1, 0.15) is 11.6 Å². The van der Waals surface area contributed by atoms with Gasteiger partial charge in [-0.1, -0.05) is 38.1 Å². The van der Waals surface area contributed by atoms with Crippen LogP contribution in [0.3, 0.4) is 0 Å². The zero-order valence-corrected chi connectivity index (χ0v) is 27.9. The predicted molar refractivity (Wildman–Crippen MR) is 183 cm³/mol. The fourth-order valence-corrected chi connectivity index (χ4v) is 5.63. The van der Waals surface area contributed by atoms with Gasteiger partial charge in [0, 0.05) is 55.0 Å². The number of benzene rings is 3. The Morgan fingerprint density at radius 1 is 0.896 bits per heavy atom. The molecule has 1 aromatic heterocycles. The number of carbonyl (C=O) groups is 2. The predicted octanol–water partition coefficient (Wildman–Crippen LogP) is 6.10. The summed E-state index contributed by atoms with van der Waals surface area (Å²) < 4.78 is 33.4. The van der Waals surface area contributed by atoms with E-state index in [1.807, 2.05) is 57.2 Å². The standard InChI is InChI=1S/C38H44F2N4O4/c1-5-13-44(14-6-2)38(47)30-16-25(3)15-29(21-30)37(46)43-34(20-27-18-31(39)22-32(40)19-27)35(45)24-41-23-26-9-7-10-28(17-26)33-11-8-12-36(42-33)48-4/h7-12,15-19,21-22,34-35,41,45H,5-6,13-14,20,23-24H2,1-4H3,(H,43,46)/t34-,35+/m0/s1. The van der Waals surface area contributed by atoms with Crippen LogP contribution >= 0.6 is 0 Å². The first-order valence-corrected chi connectivity index (χ1v) is 16.3. The van der Waals surface area contributed by atoms with Gasteiger partial charge in [-0.25, -0.2) is 13.8 Å². The molecule has 4 aromatic rings. The Kier molecular flexibility index (Phi) is 13.2. The number of pyridine rings is 1. The number of hydrogen-bond donors (Lipinski definition) is 3. The number of aromatic nitrogens is 1. The lowest BCUT2D eigenvalue weighted by Gasteiger charge is -2.25. The van der Waals surface area contributed by atoms with Gasteiger partial charge in [-0.05, 0) is 85.3 Å². The van der Waals surface area contributed by atoms with E-state index in [2.05, 4.69) is 15.6 Å². The molecule has 0 spiro atoms. The lowest BCUT2D eigenvalue weighted by molar-refractivity contribution is 0.0755. The van der Waals surface area contributed by atoms with Crippen LogP contribution in [0.15, 0.2) is 78.9 Å². The number of halogens is 2. The monoisotopic (exact) mass is 658 g/mol. The summed E-state index contributed by atoms with van der Waals surface area (Å²) in [5.41, 5.74) is 4.27. The molecule has 3 N–H and O–H groups in total. The largest absolute Gasteiger partial charge is 0.481 e. The van der Waals surface area contributed by atoms with Crippen molar-refractivity contribution in [3.05, 3.63) is 118 Å². The van der Waals surface area contributed by atoms with Gasteiger partial charge in [0.05, 0.1) is 24.9 Å². The number of aryl methyl sites for hydroxylation is 1. The fraction of sp³-hybridized carbons (Fsp3) is 0.342. The highest BCUT2D eigenvalue weighted by molar-refractivity contribution is 6.00. The second kappa shape index (κ2) is 17.5. The first kappa shape index (κ1) is 36.2. The van der Waals surface area contributed by atoms with Crippen LogP contribution in [0.25, 0.3) is 11.3 Å². The Bertz CT molecular complexity index is 1670. The van der Waals surface area contributed by atoms with E-state index in [1.54, 1.807) is 36.3 Å². The Morgan fingerprint density at radius 3 is 2.27 bits per heavy atom. The molecule has 0 aliphatic heterocycles. The third kappa shape index (κ3) is 10.2. The van der Waals surface area contributed by atoms with Crippen LogP contribution in [0.5, 0.6) is 5.88 Å². The van der Waals surface area contributed by atoms with Crippen molar-refractivity contribution < 1.29 is 28.2 Å². The van der Waals surface area contributed by atoms with Gasteiger partial charge in [0.25, 0.3) is 11.8 Å². The zero-order valence-electron chi connectivity index (χ0n) is 27.9. The van der Waals surface area contributed by atoms with Crippen molar-refractivity contribution in [2.24, 2.45) is 0 Å². The summed E-state index contributed by atoms with van der Waals surface area (Å²) in [6.07, 6.45) is 0.464. The molecule has 48 heavy (non-hydrogen) atoms. The highest BCUT2D eigenvalue weighted by atomic mass is 19.1. The average molecular weight is 659 g/mol. The number of rotatable bonds is 16. The van der Waals surface area contributed by atoms with Gasteiger partial charge >= 0.3 is 0 Å². The molecular formula is C38H44F2N4O4. The van der Waals surface area contributed by atoms with Gasteiger partial charge in [-0.3, -0.25) is 9.59 Å². The number of aliphatic hydroxyl groups is 1. The molecule has 0 unspecified atom stereocenters. The minimum atomic E-state index is -1.13. The lowest BCUT2D eigenvalue weighted by Crippen LogP contribution is -2.48. The van der Waals surface area contributed by atoms with Crippen LogP contribution in [0.2, 0.25) is 0 Å². The minimum absolute atomic E-state index is 0.0291. The Morgan fingerprint density at radius 2 is 1.58 bits per heavy atom. The number of nitrogens with one attached hydrogen (secondary N) is 2. The van der Waals surface area contributed by atoms with Crippen molar-refractivity contribution in [2.45, 2.75) is 58.7 Å².